The van der Waals surface area contributed by atoms with Crippen LogP contribution in [0.25, 0.3) is 16.4 Å². The zero-order valence-corrected chi connectivity index (χ0v) is 17.8. The normalized spacial score (nSPS) is 10.9. The molecule has 0 bridgehead atoms. The van der Waals surface area contributed by atoms with Crippen molar-refractivity contribution in [1.29, 1.82) is 0 Å². The molecule has 30 heavy (non-hydrogen) atoms. The van der Waals surface area contributed by atoms with Crippen molar-refractivity contribution in [1.82, 2.24) is 34.6 Å². The lowest BCUT2D eigenvalue weighted by atomic mass is 10.3. The lowest BCUT2D eigenvalue weighted by molar-refractivity contribution is 0.0946. The van der Waals surface area contributed by atoms with Gasteiger partial charge >= 0.3 is 0 Å². The van der Waals surface area contributed by atoms with E-state index in [0.29, 0.717) is 24.6 Å². The van der Waals surface area contributed by atoms with Gasteiger partial charge in [0, 0.05) is 31.9 Å². The van der Waals surface area contributed by atoms with Gasteiger partial charge in [0.05, 0.1) is 10.6 Å². The van der Waals surface area contributed by atoms with E-state index in [1.165, 1.54) is 6.33 Å². The first-order valence-electron chi connectivity index (χ1n) is 9.46. The van der Waals surface area contributed by atoms with E-state index >= 15 is 0 Å². The number of amides is 1. The third-order valence-corrected chi connectivity index (χ3v) is 5.65. The van der Waals surface area contributed by atoms with Gasteiger partial charge < -0.3 is 10.6 Å². The van der Waals surface area contributed by atoms with Gasteiger partial charge in [-0.25, -0.2) is 15.0 Å². The number of aromatic nitrogens is 6. The molecule has 154 valence electrons. The molecule has 0 atom stereocenters. The number of hydrogen-bond acceptors (Lipinski definition) is 7. The first-order chi connectivity index (χ1) is 14.5. The Morgan fingerprint density at radius 1 is 1.17 bits per heavy atom. The number of thiophene rings is 1. The molecule has 0 fully saturated rings. The highest BCUT2D eigenvalue weighted by Gasteiger charge is 2.14. The highest BCUT2D eigenvalue weighted by molar-refractivity contribution is 7.13. The van der Waals surface area contributed by atoms with Crippen LogP contribution in [0.1, 0.15) is 21.9 Å². The number of anilines is 1. The second-order valence-corrected chi connectivity index (χ2v) is 7.69. The maximum Gasteiger partial charge on any atom is 0.269 e. The molecule has 0 aliphatic carbocycles. The minimum atomic E-state index is -0.164. The maximum absolute atomic E-state index is 12.5. The Hall–Kier alpha value is -3.53. The Morgan fingerprint density at radius 3 is 2.77 bits per heavy atom. The number of carbonyl (C=O) groups excluding carboxylic acids is 1. The molecule has 0 spiro atoms. The van der Waals surface area contributed by atoms with Crippen molar-refractivity contribution in [3.05, 3.63) is 59.4 Å². The molecule has 4 aromatic rings. The van der Waals surface area contributed by atoms with E-state index in [0.717, 1.165) is 27.8 Å². The van der Waals surface area contributed by atoms with E-state index in [1.807, 2.05) is 42.0 Å². The largest absolute Gasteiger partial charge is 0.368 e. The zero-order valence-electron chi connectivity index (χ0n) is 17.0. The molecular formula is C20H22N8OS. The standard InChI is InChI=1S/C20H22N8OS/c1-13-14(2)28(12-25-13)19-10-18(23-11-24-19)21-6-7-22-20(29)16-9-15(26-27(16)3)17-5-4-8-30-17/h4-5,8-12H,6-7H2,1-3H3,(H,22,29)(H,21,23,24). The molecule has 9 nitrogen and oxygen atoms in total. The van der Waals surface area contributed by atoms with Crippen LogP contribution in [0.2, 0.25) is 0 Å². The van der Waals surface area contributed by atoms with E-state index in [9.17, 15) is 4.79 Å². The van der Waals surface area contributed by atoms with Crippen LogP contribution in [0.3, 0.4) is 0 Å². The number of carbonyl (C=O) groups is 1. The van der Waals surface area contributed by atoms with Crippen LogP contribution in [0.15, 0.2) is 42.3 Å². The van der Waals surface area contributed by atoms with Gasteiger partial charge in [0.15, 0.2) is 0 Å². The summed E-state index contributed by atoms with van der Waals surface area (Å²) >= 11 is 1.60. The van der Waals surface area contributed by atoms with E-state index < -0.39 is 0 Å². The summed E-state index contributed by atoms with van der Waals surface area (Å²) in [5.74, 6) is 1.26. The average Bonchev–Trinajstić information content (AvgIpc) is 3.47. The van der Waals surface area contributed by atoms with Gasteiger partial charge in [0.25, 0.3) is 5.91 Å². The quantitative estimate of drug-likeness (QED) is 0.444. The summed E-state index contributed by atoms with van der Waals surface area (Å²) < 4.78 is 3.52. The van der Waals surface area contributed by atoms with Gasteiger partial charge in [-0.1, -0.05) is 6.07 Å². The number of aryl methyl sites for hydroxylation is 2. The third-order valence-electron chi connectivity index (χ3n) is 4.75. The van der Waals surface area contributed by atoms with Crippen LogP contribution >= 0.6 is 11.3 Å². The molecule has 0 radical (unpaired) electrons. The Kier molecular flexibility index (Phi) is 5.57. The molecule has 4 rings (SSSR count). The van der Waals surface area contributed by atoms with Crippen LogP contribution in [-0.4, -0.2) is 48.3 Å². The van der Waals surface area contributed by atoms with E-state index in [2.05, 4.69) is 30.7 Å². The summed E-state index contributed by atoms with van der Waals surface area (Å²) in [5.41, 5.74) is 3.32. The molecular weight excluding hydrogens is 400 g/mol. The Morgan fingerprint density at radius 2 is 2.03 bits per heavy atom. The second kappa shape index (κ2) is 8.46. The predicted molar refractivity (Wildman–Crippen MR) is 116 cm³/mol. The lowest BCUT2D eigenvalue weighted by Gasteiger charge is -2.09. The van der Waals surface area contributed by atoms with Gasteiger partial charge in [-0.15, -0.1) is 11.3 Å². The maximum atomic E-state index is 12.5. The highest BCUT2D eigenvalue weighted by atomic mass is 32.1. The molecule has 0 saturated carbocycles. The highest BCUT2D eigenvalue weighted by Crippen LogP contribution is 2.23. The first-order valence-corrected chi connectivity index (χ1v) is 10.3. The molecule has 0 aromatic carbocycles. The average molecular weight is 423 g/mol. The molecule has 2 N–H and O–H groups in total. The molecule has 4 heterocycles. The van der Waals surface area contributed by atoms with Crippen molar-refractivity contribution >= 4 is 23.1 Å². The fraction of sp³-hybridized carbons (Fsp3) is 0.250. The number of nitrogens with zero attached hydrogens (tertiary/aromatic N) is 6. The van der Waals surface area contributed by atoms with Gasteiger partial charge in [0.2, 0.25) is 0 Å². The van der Waals surface area contributed by atoms with Crippen LogP contribution in [0.5, 0.6) is 0 Å². The van der Waals surface area contributed by atoms with E-state index in [-0.39, 0.29) is 5.91 Å². The molecule has 1 amide bonds. The molecule has 10 heteroatoms. The van der Waals surface area contributed by atoms with Crippen molar-refractivity contribution < 1.29 is 4.79 Å². The second-order valence-electron chi connectivity index (χ2n) is 6.75. The summed E-state index contributed by atoms with van der Waals surface area (Å²) in [6.07, 6.45) is 3.25. The lowest BCUT2D eigenvalue weighted by Crippen LogP contribution is -2.30. The van der Waals surface area contributed by atoms with Crippen molar-refractivity contribution in [3.63, 3.8) is 0 Å². The number of nitrogens with one attached hydrogen (secondary N) is 2. The first kappa shape index (κ1) is 19.8. The molecule has 0 aliphatic heterocycles. The van der Waals surface area contributed by atoms with Crippen LogP contribution in [-0.2, 0) is 7.05 Å². The summed E-state index contributed by atoms with van der Waals surface area (Å²) in [6.45, 7) is 4.93. The van der Waals surface area contributed by atoms with Crippen molar-refractivity contribution in [2.75, 3.05) is 18.4 Å². The number of rotatable bonds is 7. The smallest absolute Gasteiger partial charge is 0.269 e. The van der Waals surface area contributed by atoms with Crippen LogP contribution in [0, 0.1) is 13.8 Å². The summed E-state index contributed by atoms with van der Waals surface area (Å²) in [6, 6.07) is 7.61. The summed E-state index contributed by atoms with van der Waals surface area (Å²) in [7, 11) is 1.77. The molecule has 4 aromatic heterocycles. The van der Waals surface area contributed by atoms with Gasteiger partial charge in [-0.3, -0.25) is 14.0 Å². The zero-order chi connectivity index (χ0) is 21.1. The Labute approximate surface area is 177 Å². The number of imidazole rings is 1. The van der Waals surface area contributed by atoms with Crippen molar-refractivity contribution in [2.45, 2.75) is 13.8 Å². The number of hydrogen-bond donors (Lipinski definition) is 2. The minimum absolute atomic E-state index is 0.164. The minimum Gasteiger partial charge on any atom is -0.368 e. The Balaban J connectivity index is 1.33. The molecule has 0 aliphatic rings. The SMILES string of the molecule is Cc1ncn(-c2cc(NCCNC(=O)c3cc(-c4cccs4)nn3C)ncn2)c1C. The van der Waals surface area contributed by atoms with Crippen molar-refractivity contribution in [2.24, 2.45) is 7.05 Å². The van der Waals surface area contributed by atoms with E-state index in [1.54, 1.807) is 35.5 Å². The van der Waals surface area contributed by atoms with Crippen molar-refractivity contribution in [3.8, 4) is 16.4 Å². The predicted octanol–water partition coefficient (Wildman–Crippen LogP) is 2.58. The molecule has 0 unspecified atom stereocenters. The van der Waals surface area contributed by atoms with E-state index in [4.69, 9.17) is 0 Å². The van der Waals surface area contributed by atoms with Crippen LogP contribution < -0.4 is 10.6 Å². The fourth-order valence-corrected chi connectivity index (χ4v) is 3.67. The topological polar surface area (TPSA) is 103 Å². The Bertz CT molecular complexity index is 1160. The fourth-order valence-electron chi connectivity index (χ4n) is 2.99. The van der Waals surface area contributed by atoms with Crippen LogP contribution in [0.4, 0.5) is 5.82 Å². The van der Waals surface area contributed by atoms with Gasteiger partial charge in [0.1, 0.15) is 35.7 Å². The summed E-state index contributed by atoms with van der Waals surface area (Å²) in [4.78, 5) is 26.4. The van der Waals surface area contributed by atoms with Gasteiger partial charge in [-0.05, 0) is 31.4 Å². The third kappa shape index (κ3) is 4.08. The van der Waals surface area contributed by atoms with Gasteiger partial charge in [-0.2, -0.15) is 5.10 Å². The monoisotopic (exact) mass is 422 g/mol. The molecule has 0 saturated heterocycles. The summed E-state index contributed by atoms with van der Waals surface area (Å²) in [5, 5.41) is 12.5.